The number of hydrogen-bond donors (Lipinski definition) is 4. The van der Waals surface area contributed by atoms with Crippen molar-refractivity contribution in [2.75, 3.05) is 12.3 Å². The van der Waals surface area contributed by atoms with Gasteiger partial charge in [0.05, 0.1) is 17.0 Å². The van der Waals surface area contributed by atoms with Crippen LogP contribution in [0.25, 0.3) is 0 Å². The third kappa shape index (κ3) is 3.66. The number of carboxylic acid groups (broad SMARTS) is 1. The molecule has 0 aliphatic heterocycles. The van der Waals surface area contributed by atoms with Crippen molar-refractivity contribution < 1.29 is 24.7 Å². The van der Waals surface area contributed by atoms with Gasteiger partial charge in [0, 0.05) is 6.07 Å². The molecule has 0 saturated heterocycles. The maximum Gasteiger partial charge on any atom is 0.337 e. The fourth-order valence-corrected chi connectivity index (χ4v) is 1.54. The highest BCUT2D eigenvalue weighted by Crippen LogP contribution is 2.27. The number of rotatable bonds is 5. The molecule has 21 heavy (non-hydrogen) atoms. The molecule has 114 valence electrons. The SMILES string of the molecule is Cc1cc(C(=O)NCC(C)(O)C(=O)O)c(N)c([N+](=O)[O-])c1. The number of nitrogens with zero attached hydrogens (tertiary/aromatic N) is 1. The Hall–Kier alpha value is -2.68. The first-order chi connectivity index (χ1) is 9.56. The number of aliphatic hydroxyl groups is 1. The number of carboxylic acids is 1. The van der Waals surface area contributed by atoms with Gasteiger partial charge in [0.25, 0.3) is 11.6 Å². The summed E-state index contributed by atoms with van der Waals surface area (Å²) in [6.45, 7) is 2.00. The molecule has 0 fully saturated rings. The summed E-state index contributed by atoms with van der Waals surface area (Å²) < 4.78 is 0. The van der Waals surface area contributed by atoms with Crippen LogP contribution in [-0.2, 0) is 4.79 Å². The number of nitrogen functional groups attached to an aromatic ring is 1. The lowest BCUT2D eigenvalue weighted by Gasteiger charge is -2.18. The van der Waals surface area contributed by atoms with Gasteiger partial charge in [-0.2, -0.15) is 0 Å². The van der Waals surface area contributed by atoms with Crippen LogP contribution in [0.4, 0.5) is 11.4 Å². The van der Waals surface area contributed by atoms with E-state index in [9.17, 15) is 24.8 Å². The minimum atomic E-state index is -2.15. The molecule has 0 saturated carbocycles. The van der Waals surface area contributed by atoms with E-state index in [0.29, 0.717) is 5.56 Å². The predicted molar refractivity (Wildman–Crippen MR) is 72.8 cm³/mol. The number of anilines is 1. The van der Waals surface area contributed by atoms with Crippen LogP contribution in [0.2, 0.25) is 0 Å². The normalized spacial score (nSPS) is 13.3. The zero-order valence-corrected chi connectivity index (χ0v) is 11.4. The van der Waals surface area contributed by atoms with Crippen LogP contribution in [-0.4, -0.2) is 39.2 Å². The number of amides is 1. The summed E-state index contributed by atoms with van der Waals surface area (Å²) in [5.41, 5.74) is 2.99. The number of nitrogens with two attached hydrogens (primary N) is 1. The van der Waals surface area contributed by atoms with E-state index in [1.165, 1.54) is 12.1 Å². The van der Waals surface area contributed by atoms with Gasteiger partial charge in [-0.15, -0.1) is 0 Å². The predicted octanol–water partition coefficient (Wildman–Crippen LogP) is 0.0508. The standard InChI is InChI=1S/C12H15N3O6/c1-6-3-7(9(13)8(4-6)15(20)21)10(16)14-5-12(2,19)11(17)18/h3-4,19H,5,13H2,1-2H3,(H,14,16)(H,17,18). The average molecular weight is 297 g/mol. The summed E-state index contributed by atoms with van der Waals surface area (Å²) in [6.07, 6.45) is 0. The topological polar surface area (TPSA) is 156 Å². The number of aryl methyl sites for hydroxylation is 1. The first-order valence-electron chi connectivity index (χ1n) is 5.84. The van der Waals surface area contributed by atoms with Crippen molar-refractivity contribution in [2.24, 2.45) is 0 Å². The number of hydrogen-bond acceptors (Lipinski definition) is 6. The molecule has 9 nitrogen and oxygen atoms in total. The van der Waals surface area contributed by atoms with E-state index >= 15 is 0 Å². The third-order valence-electron chi connectivity index (χ3n) is 2.80. The Morgan fingerprint density at radius 2 is 2.05 bits per heavy atom. The molecule has 1 aromatic rings. The van der Waals surface area contributed by atoms with Crippen LogP contribution in [0, 0.1) is 17.0 Å². The van der Waals surface area contributed by atoms with Gasteiger partial charge in [0.2, 0.25) is 0 Å². The van der Waals surface area contributed by atoms with E-state index < -0.39 is 34.6 Å². The highest BCUT2D eigenvalue weighted by atomic mass is 16.6. The molecule has 1 aromatic carbocycles. The minimum Gasteiger partial charge on any atom is -0.479 e. The first-order valence-corrected chi connectivity index (χ1v) is 5.84. The van der Waals surface area contributed by atoms with Gasteiger partial charge in [0.1, 0.15) is 5.69 Å². The zero-order chi connectivity index (χ0) is 16.4. The number of nitro benzene ring substituents is 1. The largest absolute Gasteiger partial charge is 0.479 e. The molecule has 0 bridgehead atoms. The molecule has 5 N–H and O–H groups in total. The smallest absolute Gasteiger partial charge is 0.337 e. The van der Waals surface area contributed by atoms with Crippen LogP contribution in [0.1, 0.15) is 22.8 Å². The van der Waals surface area contributed by atoms with Gasteiger partial charge in [-0.25, -0.2) is 4.79 Å². The van der Waals surface area contributed by atoms with Gasteiger partial charge in [-0.05, 0) is 25.5 Å². The second kappa shape index (κ2) is 5.75. The highest BCUT2D eigenvalue weighted by molar-refractivity contribution is 6.01. The van der Waals surface area contributed by atoms with E-state index in [2.05, 4.69) is 5.32 Å². The molecule has 0 spiro atoms. The van der Waals surface area contributed by atoms with Gasteiger partial charge in [-0.1, -0.05) is 0 Å². The van der Waals surface area contributed by atoms with E-state index in [-0.39, 0.29) is 11.3 Å². The Labute approximate surface area is 119 Å². The summed E-state index contributed by atoms with van der Waals surface area (Å²) in [6, 6.07) is 2.56. The monoisotopic (exact) mass is 297 g/mol. The maximum atomic E-state index is 11.9. The Morgan fingerprint density at radius 3 is 2.52 bits per heavy atom. The summed E-state index contributed by atoms with van der Waals surface area (Å²) in [7, 11) is 0. The molecule has 1 unspecified atom stereocenters. The van der Waals surface area contributed by atoms with Crippen molar-refractivity contribution in [3.8, 4) is 0 Å². The molecule has 1 atom stereocenters. The van der Waals surface area contributed by atoms with E-state index in [0.717, 1.165) is 6.92 Å². The Morgan fingerprint density at radius 1 is 1.48 bits per heavy atom. The summed E-state index contributed by atoms with van der Waals surface area (Å²) in [5.74, 6) is -2.31. The number of aliphatic carboxylic acids is 1. The summed E-state index contributed by atoms with van der Waals surface area (Å²) in [5, 5.41) is 31.2. The maximum absolute atomic E-state index is 11.9. The van der Waals surface area contributed by atoms with Crippen molar-refractivity contribution in [3.63, 3.8) is 0 Å². The van der Waals surface area contributed by atoms with Crippen LogP contribution < -0.4 is 11.1 Å². The second-order valence-corrected chi connectivity index (χ2v) is 4.76. The molecule has 9 heteroatoms. The molecule has 0 heterocycles. The number of carbonyl (C=O) groups is 2. The van der Waals surface area contributed by atoms with E-state index in [1.54, 1.807) is 6.92 Å². The molecule has 1 amide bonds. The van der Waals surface area contributed by atoms with Gasteiger partial charge < -0.3 is 21.3 Å². The van der Waals surface area contributed by atoms with Crippen LogP contribution >= 0.6 is 0 Å². The molecular formula is C12H15N3O6. The van der Waals surface area contributed by atoms with Crippen molar-refractivity contribution >= 4 is 23.3 Å². The third-order valence-corrected chi connectivity index (χ3v) is 2.80. The highest BCUT2D eigenvalue weighted by Gasteiger charge is 2.31. The number of carbonyl (C=O) groups excluding carboxylic acids is 1. The molecule has 0 aliphatic rings. The van der Waals surface area contributed by atoms with E-state index in [1.807, 2.05) is 0 Å². The second-order valence-electron chi connectivity index (χ2n) is 4.76. The van der Waals surface area contributed by atoms with Gasteiger partial charge in [0.15, 0.2) is 5.60 Å². The molecule has 1 rings (SSSR count). The lowest BCUT2D eigenvalue weighted by atomic mass is 10.1. The Balaban J connectivity index is 3.04. The Kier molecular flexibility index (Phi) is 4.48. The van der Waals surface area contributed by atoms with Gasteiger partial charge >= 0.3 is 5.97 Å². The molecule has 0 aliphatic carbocycles. The lowest BCUT2D eigenvalue weighted by Crippen LogP contribution is -2.46. The average Bonchev–Trinajstić information content (AvgIpc) is 2.37. The Bertz CT molecular complexity index is 611. The summed E-state index contributed by atoms with van der Waals surface area (Å²) in [4.78, 5) is 32.8. The van der Waals surface area contributed by atoms with Crippen molar-refractivity contribution in [2.45, 2.75) is 19.4 Å². The number of nitrogens with one attached hydrogen (secondary N) is 1. The lowest BCUT2D eigenvalue weighted by molar-refractivity contribution is -0.384. The number of benzene rings is 1. The van der Waals surface area contributed by atoms with Crippen LogP contribution in [0.3, 0.4) is 0 Å². The van der Waals surface area contributed by atoms with Crippen molar-refractivity contribution in [1.82, 2.24) is 5.32 Å². The van der Waals surface area contributed by atoms with Crippen LogP contribution in [0.5, 0.6) is 0 Å². The molecule has 0 radical (unpaired) electrons. The molecular weight excluding hydrogens is 282 g/mol. The minimum absolute atomic E-state index is 0.150. The quantitative estimate of drug-likeness (QED) is 0.340. The van der Waals surface area contributed by atoms with Crippen molar-refractivity contribution in [1.29, 1.82) is 0 Å². The first kappa shape index (κ1) is 16.4. The molecule has 0 aromatic heterocycles. The van der Waals surface area contributed by atoms with Crippen molar-refractivity contribution in [3.05, 3.63) is 33.4 Å². The fraction of sp³-hybridized carbons (Fsp3) is 0.333. The van der Waals surface area contributed by atoms with Crippen LogP contribution in [0.15, 0.2) is 12.1 Å². The van der Waals surface area contributed by atoms with E-state index in [4.69, 9.17) is 10.8 Å². The zero-order valence-electron chi connectivity index (χ0n) is 11.4. The van der Waals surface area contributed by atoms with Gasteiger partial charge in [-0.3, -0.25) is 14.9 Å². The summed E-state index contributed by atoms with van der Waals surface area (Å²) >= 11 is 0. The fourth-order valence-electron chi connectivity index (χ4n) is 1.54. The number of nitro groups is 1.